The molecule has 3 rings (SSSR count). The molecule has 0 radical (unpaired) electrons. The number of aromatic nitrogens is 2. The molecule has 2 heterocycles. The Morgan fingerprint density at radius 2 is 1.93 bits per heavy atom. The van der Waals surface area contributed by atoms with Gasteiger partial charge in [-0.2, -0.15) is 9.97 Å². The minimum atomic E-state index is -0.544. The number of esters is 1. The maximum Gasteiger partial charge on any atom is 0.410 e. The van der Waals surface area contributed by atoms with Crippen molar-refractivity contribution in [3.8, 4) is 11.8 Å². The summed E-state index contributed by atoms with van der Waals surface area (Å²) in [5, 5.41) is -0.0707. The third-order valence-electron chi connectivity index (χ3n) is 7.09. The number of rotatable bonds is 14. The summed E-state index contributed by atoms with van der Waals surface area (Å²) in [4.78, 5) is 51.6. The van der Waals surface area contributed by atoms with Crippen molar-refractivity contribution >= 4 is 35.8 Å². The molecule has 1 fully saturated rings. The van der Waals surface area contributed by atoms with E-state index in [0.29, 0.717) is 44.8 Å². The highest BCUT2D eigenvalue weighted by Crippen LogP contribution is 2.30. The molecule has 1 saturated heterocycles. The van der Waals surface area contributed by atoms with Gasteiger partial charge in [0.1, 0.15) is 28.9 Å². The number of hydrogen-bond acceptors (Lipinski definition) is 11. The molecule has 1 aliphatic heterocycles. The van der Waals surface area contributed by atoms with Gasteiger partial charge in [0.25, 0.3) is 0 Å². The smallest absolute Gasteiger partial charge is 0.410 e. The Hall–Kier alpha value is -3.64. The number of piperazine rings is 1. The molecule has 0 saturated carbocycles. The first-order valence-corrected chi connectivity index (χ1v) is 15.7. The second-order valence-electron chi connectivity index (χ2n) is 11.9. The number of anilines is 1. The molecule has 1 atom stereocenters. The zero-order valence-corrected chi connectivity index (χ0v) is 28.2. The summed E-state index contributed by atoms with van der Waals surface area (Å²) in [6.07, 6.45) is 1.98. The molecule has 0 N–H and O–H groups in total. The van der Waals surface area contributed by atoms with Crippen LogP contribution in [-0.4, -0.2) is 96.3 Å². The molecule has 45 heavy (non-hydrogen) atoms. The van der Waals surface area contributed by atoms with Crippen molar-refractivity contribution in [1.29, 1.82) is 0 Å². The molecule has 1 aromatic carbocycles. The Balaban J connectivity index is 1.82. The van der Waals surface area contributed by atoms with Crippen LogP contribution >= 0.6 is 11.6 Å². The molecule has 0 aliphatic carbocycles. The number of methoxy groups -OCH3 is 1. The lowest BCUT2D eigenvalue weighted by atomic mass is 10.1. The number of hydrogen-bond donors (Lipinski definition) is 0. The van der Waals surface area contributed by atoms with Gasteiger partial charge in [0.15, 0.2) is 6.29 Å². The van der Waals surface area contributed by atoms with Crippen molar-refractivity contribution in [2.45, 2.75) is 79.1 Å². The lowest BCUT2D eigenvalue weighted by molar-refractivity contribution is -0.141. The quantitative estimate of drug-likeness (QED) is 0.117. The van der Waals surface area contributed by atoms with Crippen LogP contribution in [0.3, 0.4) is 0 Å². The first-order valence-electron chi connectivity index (χ1n) is 15.3. The average molecular weight is 648 g/mol. The first-order chi connectivity index (χ1) is 21.4. The van der Waals surface area contributed by atoms with E-state index in [4.69, 9.17) is 30.5 Å². The molecule has 1 amide bonds. The third-order valence-corrected chi connectivity index (χ3v) is 7.38. The Morgan fingerprint density at radius 1 is 1.18 bits per heavy atom. The summed E-state index contributed by atoms with van der Waals surface area (Å²) < 4.78 is 22.2. The summed E-state index contributed by atoms with van der Waals surface area (Å²) >= 11 is 6.37. The molecule has 1 aromatic heterocycles. The van der Waals surface area contributed by atoms with Crippen molar-refractivity contribution in [2.75, 3.05) is 51.4 Å². The van der Waals surface area contributed by atoms with E-state index in [-0.39, 0.29) is 54.4 Å². The highest BCUT2D eigenvalue weighted by atomic mass is 35.5. The van der Waals surface area contributed by atoms with Gasteiger partial charge in [-0.1, -0.05) is 37.1 Å². The number of ether oxygens (including phenoxy) is 4. The van der Waals surface area contributed by atoms with E-state index >= 15 is 0 Å². The van der Waals surface area contributed by atoms with Crippen LogP contribution in [0.2, 0.25) is 5.15 Å². The molecule has 248 valence electrons. The van der Waals surface area contributed by atoms with Crippen molar-refractivity contribution in [3.05, 3.63) is 40.0 Å². The monoisotopic (exact) mass is 647 g/mol. The van der Waals surface area contributed by atoms with Crippen LogP contribution in [-0.2, 0) is 27.4 Å². The van der Waals surface area contributed by atoms with Crippen LogP contribution in [0.1, 0.15) is 75.9 Å². The van der Waals surface area contributed by atoms with Crippen molar-refractivity contribution in [3.63, 3.8) is 0 Å². The van der Waals surface area contributed by atoms with Gasteiger partial charge in [0.2, 0.25) is 0 Å². The normalized spacial score (nSPS) is 15.4. The summed E-state index contributed by atoms with van der Waals surface area (Å²) in [5.41, 5.74) is 1.28. The number of aldehydes is 1. The average Bonchev–Trinajstić information content (AvgIpc) is 2.96. The molecular weight excluding hydrogens is 602 g/mol. The number of carbonyl (C=O) groups excluding carboxylic acids is 3. The van der Waals surface area contributed by atoms with Crippen LogP contribution in [0.4, 0.5) is 10.6 Å². The Morgan fingerprint density at radius 3 is 2.56 bits per heavy atom. The highest BCUT2D eigenvalue weighted by molar-refractivity contribution is 6.32. The van der Waals surface area contributed by atoms with E-state index in [9.17, 15) is 14.4 Å². The summed E-state index contributed by atoms with van der Waals surface area (Å²) in [7, 11) is 1.58. The van der Waals surface area contributed by atoms with Crippen LogP contribution in [0.5, 0.6) is 11.8 Å². The second-order valence-corrected chi connectivity index (χ2v) is 12.3. The maximum absolute atomic E-state index is 12.7. The fourth-order valence-corrected chi connectivity index (χ4v) is 5.15. The fraction of sp³-hybridized carbons (Fsp3) is 0.594. The zero-order chi connectivity index (χ0) is 33.1. The Labute approximate surface area is 270 Å². The van der Waals surface area contributed by atoms with Gasteiger partial charge in [0, 0.05) is 44.3 Å². The lowest BCUT2D eigenvalue weighted by Gasteiger charge is -2.40. The van der Waals surface area contributed by atoms with E-state index in [1.807, 2.05) is 52.8 Å². The number of benzene rings is 1. The van der Waals surface area contributed by atoms with Crippen LogP contribution in [0, 0.1) is 0 Å². The molecule has 0 bridgehead atoms. The molecular formula is C32H46ClN5O7. The lowest BCUT2D eigenvalue weighted by Crippen LogP contribution is -2.54. The van der Waals surface area contributed by atoms with E-state index in [1.165, 1.54) is 0 Å². The first kappa shape index (κ1) is 35.8. The minimum Gasteiger partial charge on any atom is -0.496 e. The summed E-state index contributed by atoms with van der Waals surface area (Å²) in [6.45, 7) is 14.5. The zero-order valence-electron chi connectivity index (χ0n) is 27.4. The number of unbranched alkanes of at least 4 members (excludes halogenated alkanes) is 1. The molecule has 12 nitrogen and oxygen atoms in total. The van der Waals surface area contributed by atoms with Gasteiger partial charge in [-0.15, -0.1) is 0 Å². The Kier molecular flexibility index (Phi) is 13.2. The SMILES string of the molecule is CCCCOc1nc(Cl)c(C=O)c(N(CC(=O)OCC)Cc2ccc(CN3CCN(C(=O)OC(C)(C)C)[C@@H](C)C3)cc2OC)n1. The minimum absolute atomic E-state index is 0.00579. The Bertz CT molecular complexity index is 1320. The molecule has 0 spiro atoms. The fourth-order valence-electron chi connectivity index (χ4n) is 4.95. The van der Waals surface area contributed by atoms with Gasteiger partial charge >= 0.3 is 18.1 Å². The van der Waals surface area contributed by atoms with Gasteiger partial charge < -0.3 is 28.7 Å². The maximum atomic E-state index is 12.7. The van der Waals surface area contributed by atoms with Gasteiger partial charge in [-0.05, 0) is 52.7 Å². The van der Waals surface area contributed by atoms with Gasteiger partial charge in [0.05, 0.1) is 25.9 Å². The van der Waals surface area contributed by atoms with Crippen molar-refractivity contribution in [2.24, 2.45) is 0 Å². The van der Waals surface area contributed by atoms with Gasteiger partial charge in [-0.25, -0.2) is 4.79 Å². The predicted octanol–water partition coefficient (Wildman–Crippen LogP) is 5.14. The molecule has 1 aliphatic rings. The second kappa shape index (κ2) is 16.6. The van der Waals surface area contributed by atoms with Crippen LogP contribution < -0.4 is 14.4 Å². The van der Waals surface area contributed by atoms with E-state index < -0.39 is 11.6 Å². The van der Waals surface area contributed by atoms with Crippen molar-refractivity contribution in [1.82, 2.24) is 19.8 Å². The molecule has 13 heteroatoms. The standard InChI is InChI=1S/C32H46ClN5O7/c1-8-10-15-44-30-34-28(33)25(21-39)29(35-30)37(20-27(40)43-9-2)19-24-12-11-23(16-26(24)42-7)18-36-13-14-38(22(3)17-36)31(41)45-32(4,5)6/h11-12,16,21-22H,8-10,13-15,17-20H2,1-7H3/t22-/m0/s1. The highest BCUT2D eigenvalue weighted by Gasteiger charge is 2.31. The number of nitrogens with zero attached hydrogens (tertiary/aromatic N) is 5. The van der Waals surface area contributed by atoms with Gasteiger partial charge in [-0.3, -0.25) is 14.5 Å². The van der Waals surface area contributed by atoms with E-state index in [1.54, 1.807) is 23.8 Å². The largest absolute Gasteiger partial charge is 0.496 e. The third kappa shape index (κ3) is 10.5. The summed E-state index contributed by atoms with van der Waals surface area (Å²) in [6, 6.07) is 5.89. The topological polar surface area (TPSA) is 124 Å². The van der Waals surface area contributed by atoms with E-state index in [2.05, 4.69) is 14.9 Å². The summed E-state index contributed by atoms with van der Waals surface area (Å²) in [5.74, 6) is 0.273. The van der Waals surface area contributed by atoms with E-state index in [0.717, 1.165) is 24.0 Å². The number of amides is 1. The number of halogens is 1. The molecule has 0 unspecified atom stereocenters. The predicted molar refractivity (Wildman–Crippen MR) is 171 cm³/mol. The van der Waals surface area contributed by atoms with Crippen LogP contribution in [0.25, 0.3) is 0 Å². The van der Waals surface area contributed by atoms with Crippen LogP contribution in [0.15, 0.2) is 18.2 Å². The van der Waals surface area contributed by atoms with Crippen molar-refractivity contribution < 1.29 is 33.3 Å². The molecule has 2 aromatic rings. The number of carbonyl (C=O) groups is 3.